The van der Waals surface area contributed by atoms with Crippen LogP contribution in [0.1, 0.15) is 10.4 Å². The molecule has 0 radical (unpaired) electrons. The number of carbonyl (C=O) groups excluding carboxylic acids is 2. The number of hydrogen-bond donors (Lipinski definition) is 1. The van der Waals surface area contributed by atoms with Gasteiger partial charge < -0.3 is 10.1 Å². The van der Waals surface area contributed by atoms with Crippen molar-refractivity contribution in [3.05, 3.63) is 56.5 Å². The average molecular weight is 403 g/mol. The van der Waals surface area contributed by atoms with Crippen LogP contribution in [0.5, 0.6) is 5.75 Å². The molecular formula is C15H10BrCl2NO3. The molecule has 0 aromatic heterocycles. The number of anilines is 1. The van der Waals surface area contributed by atoms with Crippen molar-refractivity contribution in [3.63, 3.8) is 0 Å². The Balaban J connectivity index is 1.96. The molecule has 1 N–H and O–H groups in total. The number of aldehydes is 1. The van der Waals surface area contributed by atoms with E-state index in [1.165, 1.54) is 0 Å². The van der Waals surface area contributed by atoms with Crippen LogP contribution in [0.25, 0.3) is 0 Å². The first-order valence-electron chi connectivity index (χ1n) is 6.11. The molecule has 0 saturated carbocycles. The summed E-state index contributed by atoms with van der Waals surface area (Å²) in [5.74, 6) is 0.106. The Morgan fingerprint density at radius 1 is 1.18 bits per heavy atom. The minimum Gasteiger partial charge on any atom is -0.483 e. The van der Waals surface area contributed by atoms with Crippen molar-refractivity contribution in [2.45, 2.75) is 0 Å². The molecule has 0 atom stereocenters. The molecule has 22 heavy (non-hydrogen) atoms. The zero-order valence-electron chi connectivity index (χ0n) is 11.1. The Hall–Kier alpha value is -1.56. The van der Waals surface area contributed by atoms with E-state index in [4.69, 9.17) is 27.9 Å². The molecule has 1 amide bonds. The lowest BCUT2D eigenvalue weighted by Gasteiger charge is -2.09. The molecule has 0 aliphatic rings. The highest BCUT2D eigenvalue weighted by atomic mass is 79.9. The van der Waals surface area contributed by atoms with Gasteiger partial charge in [-0.3, -0.25) is 9.59 Å². The van der Waals surface area contributed by atoms with Gasteiger partial charge in [0.25, 0.3) is 5.91 Å². The van der Waals surface area contributed by atoms with Crippen LogP contribution in [-0.2, 0) is 4.79 Å². The molecule has 0 heterocycles. The molecule has 0 aliphatic heterocycles. The van der Waals surface area contributed by atoms with E-state index in [9.17, 15) is 9.59 Å². The summed E-state index contributed by atoms with van der Waals surface area (Å²) in [7, 11) is 0. The van der Waals surface area contributed by atoms with Gasteiger partial charge in [-0.1, -0.05) is 23.2 Å². The number of ether oxygens (including phenoxy) is 1. The summed E-state index contributed by atoms with van der Waals surface area (Å²) in [6.07, 6.45) is 0.726. The fourth-order valence-corrected chi connectivity index (χ4v) is 2.71. The van der Waals surface area contributed by atoms with E-state index in [-0.39, 0.29) is 12.5 Å². The maximum Gasteiger partial charge on any atom is 0.262 e. The van der Waals surface area contributed by atoms with Gasteiger partial charge in [-0.2, -0.15) is 0 Å². The number of halogens is 3. The van der Waals surface area contributed by atoms with Gasteiger partial charge in [0.05, 0.1) is 4.47 Å². The second-order valence-corrected chi connectivity index (χ2v) is 6.03. The lowest BCUT2D eigenvalue weighted by Crippen LogP contribution is -2.20. The Bertz CT molecular complexity index is 702. The van der Waals surface area contributed by atoms with E-state index in [2.05, 4.69) is 21.2 Å². The van der Waals surface area contributed by atoms with Gasteiger partial charge >= 0.3 is 0 Å². The molecule has 0 aliphatic carbocycles. The van der Waals surface area contributed by atoms with Gasteiger partial charge in [-0.25, -0.2) is 0 Å². The normalized spacial score (nSPS) is 10.1. The Morgan fingerprint density at radius 2 is 1.86 bits per heavy atom. The number of amides is 1. The minimum atomic E-state index is -0.357. The van der Waals surface area contributed by atoms with Crippen LogP contribution in [-0.4, -0.2) is 18.8 Å². The molecule has 2 aromatic carbocycles. The zero-order chi connectivity index (χ0) is 16.1. The molecule has 0 bridgehead atoms. The quantitative estimate of drug-likeness (QED) is 0.744. The smallest absolute Gasteiger partial charge is 0.262 e. The first-order valence-corrected chi connectivity index (χ1v) is 7.66. The first kappa shape index (κ1) is 16.8. The predicted molar refractivity (Wildman–Crippen MR) is 90.1 cm³/mol. The molecule has 2 aromatic rings. The van der Waals surface area contributed by atoms with Crippen LogP contribution in [0.15, 0.2) is 40.9 Å². The third-order valence-corrected chi connectivity index (χ3v) is 3.65. The molecule has 7 heteroatoms. The molecule has 114 valence electrons. The number of rotatable bonds is 5. The van der Waals surface area contributed by atoms with Gasteiger partial charge in [0.15, 0.2) is 6.61 Å². The van der Waals surface area contributed by atoms with E-state index in [0.29, 0.717) is 31.5 Å². The largest absolute Gasteiger partial charge is 0.483 e. The fraction of sp³-hybridized carbons (Fsp3) is 0.0667. The number of carbonyl (C=O) groups is 2. The summed E-state index contributed by atoms with van der Waals surface area (Å²) in [4.78, 5) is 22.5. The molecule has 4 nitrogen and oxygen atoms in total. The monoisotopic (exact) mass is 401 g/mol. The van der Waals surface area contributed by atoms with E-state index >= 15 is 0 Å². The van der Waals surface area contributed by atoms with Crippen LogP contribution in [0.2, 0.25) is 10.0 Å². The van der Waals surface area contributed by atoms with Crippen molar-refractivity contribution >= 4 is 57.0 Å². The number of hydrogen-bond acceptors (Lipinski definition) is 3. The standard InChI is InChI=1S/C15H10BrCl2NO3/c16-13-3-9(7-20)1-2-14(13)22-8-15(21)19-12-5-10(17)4-11(18)6-12/h1-7H,8H2,(H,19,21). The third-order valence-electron chi connectivity index (χ3n) is 2.60. The average Bonchev–Trinajstić information content (AvgIpc) is 2.44. The van der Waals surface area contributed by atoms with Gasteiger partial charge in [0.2, 0.25) is 0 Å². The lowest BCUT2D eigenvalue weighted by atomic mass is 10.2. The fourth-order valence-electron chi connectivity index (χ4n) is 1.67. The van der Waals surface area contributed by atoms with Crippen LogP contribution < -0.4 is 10.1 Å². The summed E-state index contributed by atoms with van der Waals surface area (Å²) in [5.41, 5.74) is 0.999. The van der Waals surface area contributed by atoms with Crippen LogP contribution in [0.3, 0.4) is 0 Å². The zero-order valence-corrected chi connectivity index (χ0v) is 14.2. The molecule has 2 rings (SSSR count). The topological polar surface area (TPSA) is 55.4 Å². The van der Waals surface area contributed by atoms with E-state index in [1.54, 1.807) is 36.4 Å². The third kappa shape index (κ3) is 4.73. The van der Waals surface area contributed by atoms with Gasteiger partial charge in [-0.15, -0.1) is 0 Å². The van der Waals surface area contributed by atoms with Crippen molar-refractivity contribution in [3.8, 4) is 5.75 Å². The Morgan fingerprint density at radius 3 is 2.45 bits per heavy atom. The van der Waals surface area contributed by atoms with Crippen molar-refractivity contribution in [2.75, 3.05) is 11.9 Å². The van der Waals surface area contributed by atoms with Gasteiger partial charge in [0, 0.05) is 21.3 Å². The van der Waals surface area contributed by atoms with Crippen LogP contribution in [0, 0.1) is 0 Å². The Labute approximate surface area is 145 Å². The Kier molecular flexibility index (Phi) is 5.83. The molecule has 0 unspecified atom stereocenters. The summed E-state index contributed by atoms with van der Waals surface area (Å²) in [5, 5.41) is 3.49. The van der Waals surface area contributed by atoms with Crippen molar-refractivity contribution in [1.82, 2.24) is 0 Å². The van der Waals surface area contributed by atoms with E-state index in [0.717, 1.165) is 6.29 Å². The minimum absolute atomic E-state index is 0.191. The summed E-state index contributed by atoms with van der Waals surface area (Å²) in [6.45, 7) is -0.191. The maximum atomic E-state index is 11.8. The van der Waals surface area contributed by atoms with Gasteiger partial charge in [0.1, 0.15) is 12.0 Å². The van der Waals surface area contributed by atoms with E-state index < -0.39 is 0 Å². The SMILES string of the molecule is O=Cc1ccc(OCC(=O)Nc2cc(Cl)cc(Cl)c2)c(Br)c1. The lowest BCUT2D eigenvalue weighted by molar-refractivity contribution is -0.118. The molecule has 0 fully saturated rings. The summed E-state index contributed by atoms with van der Waals surface area (Å²) < 4.78 is 5.98. The van der Waals surface area contributed by atoms with Crippen molar-refractivity contribution in [1.29, 1.82) is 0 Å². The maximum absolute atomic E-state index is 11.8. The molecular weight excluding hydrogens is 393 g/mol. The highest BCUT2D eigenvalue weighted by Crippen LogP contribution is 2.26. The van der Waals surface area contributed by atoms with Crippen LogP contribution in [0.4, 0.5) is 5.69 Å². The molecule has 0 spiro atoms. The predicted octanol–water partition coefficient (Wildman–Crippen LogP) is 4.59. The molecule has 0 saturated heterocycles. The van der Waals surface area contributed by atoms with Gasteiger partial charge in [-0.05, 0) is 52.3 Å². The second kappa shape index (κ2) is 7.63. The van der Waals surface area contributed by atoms with Crippen LogP contribution >= 0.6 is 39.1 Å². The van der Waals surface area contributed by atoms with E-state index in [1.807, 2.05) is 0 Å². The highest BCUT2D eigenvalue weighted by Gasteiger charge is 2.08. The number of benzene rings is 2. The van der Waals surface area contributed by atoms with Crippen molar-refractivity contribution < 1.29 is 14.3 Å². The second-order valence-electron chi connectivity index (χ2n) is 4.30. The van der Waals surface area contributed by atoms with Crippen molar-refractivity contribution in [2.24, 2.45) is 0 Å². The summed E-state index contributed by atoms with van der Waals surface area (Å²) in [6, 6.07) is 9.55. The number of nitrogens with one attached hydrogen (secondary N) is 1. The highest BCUT2D eigenvalue weighted by molar-refractivity contribution is 9.10. The first-order chi connectivity index (χ1) is 10.5. The summed E-state index contributed by atoms with van der Waals surface area (Å²) >= 11 is 15.0.